The number of rotatable bonds is 5. The molecule has 2 N–H and O–H groups in total. The first kappa shape index (κ1) is 29.0. The van der Waals surface area contributed by atoms with Gasteiger partial charge >= 0.3 is 12.1 Å². The van der Waals surface area contributed by atoms with E-state index < -0.39 is 12.1 Å². The molecule has 2 unspecified atom stereocenters. The number of hydrogen-bond donors (Lipinski definition) is 2. The number of halogens is 3. The van der Waals surface area contributed by atoms with E-state index in [-0.39, 0.29) is 23.5 Å². The van der Waals surface area contributed by atoms with Gasteiger partial charge in [0.05, 0.1) is 33.0 Å². The lowest BCUT2D eigenvalue weighted by Crippen LogP contribution is -2.44. The van der Waals surface area contributed by atoms with Gasteiger partial charge in [-0.15, -0.1) is 0 Å². The highest BCUT2D eigenvalue weighted by Crippen LogP contribution is 2.42. The molecule has 0 aromatic heterocycles. The largest absolute Gasteiger partial charge is 0.497 e. The summed E-state index contributed by atoms with van der Waals surface area (Å²) in [7, 11) is 3.18. The quantitative estimate of drug-likeness (QED) is 0.596. The van der Waals surface area contributed by atoms with Crippen molar-refractivity contribution in [3.8, 4) is 11.5 Å². The number of benzene rings is 1. The number of aliphatic hydroxyl groups excluding tert-OH is 1. The molecule has 0 bridgehead atoms. The second-order valence-corrected chi connectivity index (χ2v) is 9.89. The monoisotopic (exact) mass is 532 g/mol. The van der Waals surface area contributed by atoms with Gasteiger partial charge in [0.2, 0.25) is 0 Å². The maximum absolute atomic E-state index is 13.1. The maximum atomic E-state index is 13.1. The average Bonchev–Trinajstić information content (AvgIpc) is 3.25. The van der Waals surface area contributed by atoms with E-state index in [1.807, 2.05) is 4.90 Å². The number of ether oxygens (including phenoxy) is 3. The van der Waals surface area contributed by atoms with Gasteiger partial charge in [0.15, 0.2) is 0 Å². The molecule has 2 atom stereocenters. The Morgan fingerprint density at radius 2 is 1.70 bits per heavy atom. The van der Waals surface area contributed by atoms with Crippen LogP contribution in [0.15, 0.2) is 18.2 Å². The molecule has 9 nitrogen and oxygen atoms in total. The summed E-state index contributed by atoms with van der Waals surface area (Å²) in [6.07, 6.45) is -0.0778. The molecule has 0 saturated carbocycles. The van der Waals surface area contributed by atoms with Gasteiger partial charge < -0.3 is 29.3 Å². The molecule has 0 aliphatic carbocycles. The number of piperidine rings is 2. The van der Waals surface area contributed by atoms with E-state index in [0.29, 0.717) is 17.1 Å². The molecule has 3 aliphatic rings. The molecule has 3 saturated heterocycles. The molecule has 3 aliphatic heterocycles. The number of β-amino-alcohol motifs (C(OH)–C–C–N with tert-alkyl or cyclic N) is 1. The summed E-state index contributed by atoms with van der Waals surface area (Å²) in [5.74, 6) is -1.48. The third-order valence-corrected chi connectivity index (χ3v) is 7.18. The van der Waals surface area contributed by atoms with Crippen LogP contribution in [0.25, 0.3) is 0 Å². The fraction of sp³-hybridized carbons (Fsp3) is 0.680. The fourth-order valence-corrected chi connectivity index (χ4v) is 5.14. The molecular formula is C25H35F3N2O7. The SMILES string of the molecule is COc1cc(OC)cc(C(=O)N2CCC3(CC2)COC(CN2CCCC(O)C2)C3)c1.O=C(O)C(F)(F)F. The smallest absolute Gasteiger partial charge is 0.490 e. The molecule has 208 valence electrons. The number of carbonyl (C=O) groups excluding carboxylic acids is 1. The van der Waals surface area contributed by atoms with Gasteiger partial charge in [-0.1, -0.05) is 0 Å². The van der Waals surface area contributed by atoms with Crippen LogP contribution in [-0.4, -0.2) is 104 Å². The molecule has 1 amide bonds. The van der Waals surface area contributed by atoms with Gasteiger partial charge in [0.25, 0.3) is 5.91 Å². The fourth-order valence-electron chi connectivity index (χ4n) is 5.14. The van der Waals surface area contributed by atoms with Gasteiger partial charge in [-0.3, -0.25) is 9.69 Å². The van der Waals surface area contributed by atoms with Crippen LogP contribution in [0.4, 0.5) is 13.2 Å². The van der Waals surface area contributed by atoms with E-state index in [1.54, 1.807) is 32.4 Å². The molecule has 37 heavy (non-hydrogen) atoms. The van der Waals surface area contributed by atoms with Crippen LogP contribution >= 0.6 is 0 Å². The van der Waals surface area contributed by atoms with Crippen LogP contribution < -0.4 is 9.47 Å². The highest BCUT2D eigenvalue weighted by molar-refractivity contribution is 5.95. The molecule has 1 aromatic carbocycles. The first-order valence-corrected chi connectivity index (χ1v) is 12.3. The van der Waals surface area contributed by atoms with Crippen molar-refractivity contribution >= 4 is 11.9 Å². The summed E-state index contributed by atoms with van der Waals surface area (Å²) in [6, 6.07) is 5.33. The van der Waals surface area contributed by atoms with Crippen LogP contribution in [0, 0.1) is 5.41 Å². The number of aliphatic hydroxyl groups is 1. The molecule has 1 aromatic rings. The first-order valence-electron chi connectivity index (χ1n) is 12.3. The van der Waals surface area contributed by atoms with Crippen LogP contribution in [0.3, 0.4) is 0 Å². The predicted octanol–water partition coefficient (Wildman–Crippen LogP) is 2.81. The number of nitrogens with zero attached hydrogens (tertiary/aromatic N) is 2. The number of aliphatic carboxylic acids is 1. The maximum Gasteiger partial charge on any atom is 0.490 e. The van der Waals surface area contributed by atoms with Crippen molar-refractivity contribution in [2.24, 2.45) is 5.41 Å². The van der Waals surface area contributed by atoms with E-state index in [4.69, 9.17) is 24.1 Å². The highest BCUT2D eigenvalue weighted by atomic mass is 19.4. The minimum Gasteiger partial charge on any atom is -0.497 e. The summed E-state index contributed by atoms with van der Waals surface area (Å²) >= 11 is 0. The zero-order valence-electron chi connectivity index (χ0n) is 21.1. The van der Waals surface area contributed by atoms with Crippen molar-refractivity contribution in [3.05, 3.63) is 23.8 Å². The Bertz CT molecular complexity index is 913. The van der Waals surface area contributed by atoms with E-state index in [9.17, 15) is 23.1 Å². The van der Waals surface area contributed by atoms with Crippen molar-refractivity contribution < 1.29 is 47.2 Å². The van der Waals surface area contributed by atoms with Crippen LogP contribution in [-0.2, 0) is 9.53 Å². The lowest BCUT2D eigenvalue weighted by Gasteiger charge is -2.38. The molecule has 12 heteroatoms. The van der Waals surface area contributed by atoms with Crippen molar-refractivity contribution in [3.63, 3.8) is 0 Å². The van der Waals surface area contributed by atoms with Crippen LogP contribution in [0.1, 0.15) is 42.5 Å². The van der Waals surface area contributed by atoms with Gasteiger partial charge in [-0.25, -0.2) is 4.79 Å². The number of carboxylic acids is 1. The Hall–Kier alpha value is -2.57. The number of likely N-dealkylation sites (tertiary alicyclic amines) is 2. The van der Waals surface area contributed by atoms with E-state index >= 15 is 0 Å². The lowest BCUT2D eigenvalue weighted by atomic mass is 9.76. The van der Waals surface area contributed by atoms with Crippen LogP contribution in [0.2, 0.25) is 0 Å². The molecule has 3 fully saturated rings. The summed E-state index contributed by atoms with van der Waals surface area (Å²) in [5.41, 5.74) is 0.786. The minimum atomic E-state index is -5.08. The predicted molar refractivity (Wildman–Crippen MR) is 127 cm³/mol. The van der Waals surface area contributed by atoms with Gasteiger partial charge in [-0.2, -0.15) is 13.2 Å². The van der Waals surface area contributed by atoms with Crippen LogP contribution in [0.5, 0.6) is 11.5 Å². The number of carboxylic acid groups (broad SMARTS) is 1. The topological polar surface area (TPSA) is 109 Å². The van der Waals surface area contributed by atoms with Gasteiger partial charge in [0, 0.05) is 37.8 Å². The van der Waals surface area contributed by atoms with Crippen molar-refractivity contribution in [2.75, 3.05) is 53.6 Å². The standard InChI is InChI=1S/C23H34N2O5.C2HF3O2/c1-28-19-10-17(11-20(12-19)29-2)22(27)25-8-5-23(6-9-25)13-21(30-16-23)15-24-7-3-4-18(26)14-24;3-2(4,5)1(6)7/h10-12,18,21,26H,3-9,13-16H2,1-2H3;(H,6,7). The second-order valence-electron chi connectivity index (χ2n) is 9.89. The molecular weight excluding hydrogens is 497 g/mol. The summed E-state index contributed by atoms with van der Waals surface area (Å²) in [5, 5.41) is 17.0. The first-order chi connectivity index (χ1) is 17.4. The number of alkyl halides is 3. The number of methoxy groups -OCH3 is 2. The number of amides is 1. The van der Waals surface area contributed by atoms with Crippen molar-refractivity contribution in [1.29, 1.82) is 0 Å². The Morgan fingerprint density at radius 1 is 1.11 bits per heavy atom. The molecule has 1 spiro atoms. The average molecular weight is 533 g/mol. The summed E-state index contributed by atoms with van der Waals surface area (Å²) in [6.45, 7) is 5.00. The minimum absolute atomic E-state index is 0.0276. The zero-order valence-corrected chi connectivity index (χ0v) is 21.1. The normalized spacial score (nSPS) is 23.8. The zero-order chi connectivity index (χ0) is 27.2. The van der Waals surface area contributed by atoms with E-state index in [2.05, 4.69) is 4.90 Å². The molecule has 3 heterocycles. The molecule has 4 rings (SSSR count). The Kier molecular flexibility index (Phi) is 9.65. The second kappa shape index (κ2) is 12.3. The number of hydrogen-bond acceptors (Lipinski definition) is 7. The van der Waals surface area contributed by atoms with E-state index in [1.165, 1.54) is 0 Å². The van der Waals surface area contributed by atoms with Gasteiger partial charge in [-0.05, 0) is 56.2 Å². The summed E-state index contributed by atoms with van der Waals surface area (Å²) < 4.78 is 48.5. The third-order valence-electron chi connectivity index (χ3n) is 7.18. The Balaban J connectivity index is 0.000000479. The van der Waals surface area contributed by atoms with Crippen molar-refractivity contribution in [1.82, 2.24) is 9.80 Å². The Labute approximate surface area is 214 Å². The summed E-state index contributed by atoms with van der Waals surface area (Å²) in [4.78, 5) is 26.2. The van der Waals surface area contributed by atoms with Gasteiger partial charge in [0.1, 0.15) is 11.5 Å². The Morgan fingerprint density at radius 3 is 2.22 bits per heavy atom. The molecule has 0 radical (unpaired) electrons. The highest BCUT2D eigenvalue weighted by Gasteiger charge is 2.43. The number of carbonyl (C=O) groups is 2. The van der Waals surface area contributed by atoms with Crippen molar-refractivity contribution in [2.45, 2.75) is 50.5 Å². The lowest BCUT2D eigenvalue weighted by molar-refractivity contribution is -0.192. The van der Waals surface area contributed by atoms with E-state index in [0.717, 1.165) is 71.4 Å². The third kappa shape index (κ3) is 7.96.